The summed E-state index contributed by atoms with van der Waals surface area (Å²) in [6.45, 7) is 9.09. The fourth-order valence-electron chi connectivity index (χ4n) is 3.19. The fraction of sp³-hybridized carbons (Fsp3) is 0.522. The van der Waals surface area contributed by atoms with E-state index in [9.17, 15) is 14.4 Å². The lowest BCUT2D eigenvalue weighted by Gasteiger charge is -2.31. The number of nitrogens with one attached hydrogen (secondary N) is 2. The molecular formula is C23H33N3O4. The third-order valence-electron chi connectivity index (χ3n) is 4.77. The number of aryl methyl sites for hydroxylation is 1. The summed E-state index contributed by atoms with van der Waals surface area (Å²) in [4.78, 5) is 37.7. The second-order valence-corrected chi connectivity index (χ2v) is 8.68. The number of alkyl carbamates (subject to hydrolysis) is 1. The summed E-state index contributed by atoms with van der Waals surface area (Å²) in [7, 11) is 0. The minimum Gasteiger partial charge on any atom is -0.444 e. The molecule has 1 saturated heterocycles. The quantitative estimate of drug-likeness (QED) is 0.700. The van der Waals surface area contributed by atoms with Crippen LogP contribution in [0, 0.1) is 12.8 Å². The molecule has 0 radical (unpaired) electrons. The van der Waals surface area contributed by atoms with Gasteiger partial charge in [-0.05, 0) is 58.1 Å². The van der Waals surface area contributed by atoms with Gasteiger partial charge in [-0.3, -0.25) is 9.59 Å². The van der Waals surface area contributed by atoms with Crippen molar-refractivity contribution >= 4 is 24.0 Å². The Kier molecular flexibility index (Phi) is 8.45. The monoisotopic (exact) mass is 415 g/mol. The summed E-state index contributed by atoms with van der Waals surface area (Å²) in [6, 6.07) is 8.01. The minimum absolute atomic E-state index is 0.0144. The van der Waals surface area contributed by atoms with Crippen LogP contribution in [-0.2, 0) is 14.3 Å². The largest absolute Gasteiger partial charge is 0.444 e. The van der Waals surface area contributed by atoms with Crippen LogP contribution in [-0.4, -0.2) is 54.6 Å². The molecule has 164 valence electrons. The van der Waals surface area contributed by atoms with E-state index in [2.05, 4.69) is 10.6 Å². The highest BCUT2D eigenvalue weighted by Crippen LogP contribution is 2.17. The van der Waals surface area contributed by atoms with Gasteiger partial charge in [0.2, 0.25) is 11.8 Å². The lowest BCUT2D eigenvalue weighted by Crippen LogP contribution is -2.43. The number of piperidine rings is 1. The second-order valence-electron chi connectivity index (χ2n) is 8.68. The van der Waals surface area contributed by atoms with Crippen molar-refractivity contribution in [3.05, 3.63) is 41.5 Å². The van der Waals surface area contributed by atoms with Crippen molar-refractivity contribution in [2.45, 2.75) is 46.1 Å². The molecule has 3 amide bonds. The molecule has 0 unspecified atom stereocenters. The van der Waals surface area contributed by atoms with Crippen molar-refractivity contribution in [3.63, 3.8) is 0 Å². The smallest absolute Gasteiger partial charge is 0.408 e. The number of hydrogen-bond donors (Lipinski definition) is 2. The zero-order chi connectivity index (χ0) is 22.1. The molecule has 0 spiro atoms. The highest BCUT2D eigenvalue weighted by molar-refractivity contribution is 5.91. The number of hydrogen-bond acceptors (Lipinski definition) is 4. The summed E-state index contributed by atoms with van der Waals surface area (Å²) in [5, 5.41) is 5.29. The standard InChI is InChI=1S/C23H33N3O4/c1-17-6-5-7-18(14-17)8-9-21(28)26-12-10-19(11-13-26)15-24-20(27)16-25-22(29)30-23(2,3)4/h5-9,14,19H,10-13,15-16H2,1-4H3,(H,24,27)(H,25,29)/b9-8+. The van der Waals surface area contributed by atoms with Crippen molar-refractivity contribution in [1.82, 2.24) is 15.5 Å². The van der Waals surface area contributed by atoms with Gasteiger partial charge in [0.1, 0.15) is 5.60 Å². The molecule has 1 aromatic carbocycles. The molecule has 1 aliphatic rings. The van der Waals surface area contributed by atoms with Gasteiger partial charge in [0.15, 0.2) is 0 Å². The molecule has 2 rings (SSSR count). The Hall–Kier alpha value is -2.83. The fourth-order valence-corrected chi connectivity index (χ4v) is 3.19. The van der Waals surface area contributed by atoms with E-state index in [1.165, 1.54) is 0 Å². The predicted molar refractivity (Wildman–Crippen MR) is 117 cm³/mol. The van der Waals surface area contributed by atoms with Crippen LogP contribution in [0.4, 0.5) is 4.79 Å². The third kappa shape index (κ3) is 8.68. The summed E-state index contributed by atoms with van der Waals surface area (Å²) < 4.78 is 5.10. The maximum Gasteiger partial charge on any atom is 0.408 e. The molecule has 0 aliphatic carbocycles. The molecule has 1 aromatic rings. The molecule has 0 saturated carbocycles. The van der Waals surface area contributed by atoms with E-state index < -0.39 is 11.7 Å². The van der Waals surface area contributed by atoms with E-state index in [0.717, 1.165) is 24.0 Å². The van der Waals surface area contributed by atoms with Crippen LogP contribution < -0.4 is 10.6 Å². The molecular weight excluding hydrogens is 382 g/mol. The van der Waals surface area contributed by atoms with Crippen LogP contribution in [0.2, 0.25) is 0 Å². The zero-order valence-corrected chi connectivity index (χ0v) is 18.4. The average Bonchev–Trinajstić information content (AvgIpc) is 2.68. The predicted octanol–water partition coefficient (Wildman–Crippen LogP) is 2.89. The zero-order valence-electron chi connectivity index (χ0n) is 18.4. The third-order valence-corrected chi connectivity index (χ3v) is 4.77. The van der Waals surface area contributed by atoms with E-state index in [-0.39, 0.29) is 18.4 Å². The number of likely N-dealkylation sites (tertiary alicyclic amines) is 1. The van der Waals surface area contributed by atoms with Gasteiger partial charge in [-0.2, -0.15) is 0 Å². The minimum atomic E-state index is -0.608. The van der Waals surface area contributed by atoms with E-state index in [0.29, 0.717) is 25.6 Å². The summed E-state index contributed by atoms with van der Waals surface area (Å²) in [5.74, 6) is 0.0845. The number of nitrogens with zero attached hydrogens (tertiary/aromatic N) is 1. The Labute approximate surface area is 178 Å². The van der Waals surface area contributed by atoms with Gasteiger partial charge in [0.25, 0.3) is 0 Å². The molecule has 7 heteroatoms. The Morgan fingerprint density at radius 3 is 2.50 bits per heavy atom. The van der Waals surface area contributed by atoms with Gasteiger partial charge in [-0.25, -0.2) is 4.79 Å². The van der Waals surface area contributed by atoms with Crippen molar-refractivity contribution in [2.24, 2.45) is 5.92 Å². The number of benzene rings is 1. The number of carbonyl (C=O) groups is 3. The van der Waals surface area contributed by atoms with Gasteiger partial charge in [0.05, 0.1) is 6.54 Å². The Bertz CT molecular complexity index is 775. The number of ether oxygens (including phenoxy) is 1. The normalized spacial score (nSPS) is 15.1. The molecule has 1 aliphatic heterocycles. The van der Waals surface area contributed by atoms with Gasteiger partial charge in [-0.15, -0.1) is 0 Å². The highest BCUT2D eigenvalue weighted by atomic mass is 16.6. The van der Waals surface area contributed by atoms with Crippen LogP contribution in [0.15, 0.2) is 30.3 Å². The van der Waals surface area contributed by atoms with E-state index in [1.807, 2.05) is 42.2 Å². The summed E-state index contributed by atoms with van der Waals surface area (Å²) in [5.41, 5.74) is 1.58. The molecule has 0 bridgehead atoms. The first kappa shape index (κ1) is 23.4. The first-order valence-corrected chi connectivity index (χ1v) is 10.4. The molecule has 30 heavy (non-hydrogen) atoms. The summed E-state index contributed by atoms with van der Waals surface area (Å²) >= 11 is 0. The first-order chi connectivity index (χ1) is 14.1. The SMILES string of the molecule is Cc1cccc(/C=C/C(=O)N2CCC(CNC(=O)CNC(=O)OC(C)(C)C)CC2)c1. The molecule has 7 nitrogen and oxygen atoms in total. The number of amides is 3. The van der Waals surface area contributed by atoms with Crippen molar-refractivity contribution in [1.29, 1.82) is 0 Å². The van der Waals surface area contributed by atoms with E-state index in [1.54, 1.807) is 26.8 Å². The Balaban J connectivity index is 1.66. The molecule has 1 heterocycles. The van der Waals surface area contributed by atoms with Gasteiger partial charge >= 0.3 is 6.09 Å². The number of rotatable bonds is 6. The number of carbonyl (C=O) groups excluding carboxylic acids is 3. The summed E-state index contributed by atoms with van der Waals surface area (Å²) in [6.07, 6.45) is 4.54. The second kappa shape index (κ2) is 10.8. The van der Waals surface area contributed by atoms with Crippen molar-refractivity contribution in [2.75, 3.05) is 26.2 Å². The Morgan fingerprint density at radius 1 is 1.17 bits per heavy atom. The van der Waals surface area contributed by atoms with Crippen LogP contribution in [0.25, 0.3) is 6.08 Å². The first-order valence-electron chi connectivity index (χ1n) is 10.4. The maximum atomic E-state index is 12.4. The lowest BCUT2D eigenvalue weighted by molar-refractivity contribution is -0.127. The molecule has 1 fully saturated rings. The van der Waals surface area contributed by atoms with E-state index in [4.69, 9.17) is 4.74 Å². The van der Waals surface area contributed by atoms with Crippen molar-refractivity contribution in [3.8, 4) is 0 Å². The topological polar surface area (TPSA) is 87.7 Å². The van der Waals surface area contributed by atoms with Crippen LogP contribution in [0.3, 0.4) is 0 Å². The van der Waals surface area contributed by atoms with Crippen molar-refractivity contribution < 1.29 is 19.1 Å². The van der Waals surface area contributed by atoms with Gasteiger partial charge < -0.3 is 20.3 Å². The van der Waals surface area contributed by atoms with Crippen LogP contribution in [0.5, 0.6) is 0 Å². The molecule has 0 atom stereocenters. The van der Waals surface area contributed by atoms with Gasteiger partial charge in [-0.1, -0.05) is 29.8 Å². The van der Waals surface area contributed by atoms with Crippen LogP contribution in [0.1, 0.15) is 44.7 Å². The maximum absolute atomic E-state index is 12.4. The lowest BCUT2D eigenvalue weighted by atomic mass is 9.96. The van der Waals surface area contributed by atoms with Crippen LogP contribution >= 0.6 is 0 Å². The van der Waals surface area contributed by atoms with E-state index >= 15 is 0 Å². The highest BCUT2D eigenvalue weighted by Gasteiger charge is 2.22. The average molecular weight is 416 g/mol. The molecule has 0 aromatic heterocycles. The Morgan fingerprint density at radius 2 is 1.87 bits per heavy atom. The van der Waals surface area contributed by atoms with Gasteiger partial charge in [0, 0.05) is 25.7 Å². The molecule has 2 N–H and O–H groups in total.